The summed E-state index contributed by atoms with van der Waals surface area (Å²) in [5.41, 5.74) is 0.258. The molecule has 0 bridgehead atoms. The maximum atomic E-state index is 12.2. The molecule has 0 aliphatic carbocycles. The predicted octanol–water partition coefficient (Wildman–Crippen LogP) is 2.35. The highest BCUT2D eigenvalue weighted by Gasteiger charge is 2.17. The van der Waals surface area contributed by atoms with Gasteiger partial charge in [-0.25, -0.2) is 13.8 Å². The van der Waals surface area contributed by atoms with Gasteiger partial charge in [0.15, 0.2) is 17.3 Å². The van der Waals surface area contributed by atoms with Crippen molar-refractivity contribution in [3.8, 4) is 17.3 Å². The van der Waals surface area contributed by atoms with Crippen molar-refractivity contribution < 1.29 is 18.0 Å². The van der Waals surface area contributed by atoms with Crippen molar-refractivity contribution in [1.82, 2.24) is 20.4 Å². The van der Waals surface area contributed by atoms with Crippen LogP contribution in [0.15, 0.2) is 22.9 Å². The Morgan fingerprint density at radius 3 is 2.86 bits per heavy atom. The standard InChI is InChI=1S/C13H16F2N4O2.ClH/c1-8(16-2)6-11-18-13(21-19-11)12-9(4-3-5-17-12)20-7-10(14)15;/h3-5,8,10,16H,6-7H2,1-2H3;1H. The SMILES string of the molecule is CNC(C)Cc1noc(-c2ncccc2OCC(F)F)n1.Cl. The molecular formula is C13H17ClF2N4O2. The smallest absolute Gasteiger partial charge is 0.280 e. The van der Waals surface area contributed by atoms with Crippen LogP contribution in [0.4, 0.5) is 8.78 Å². The van der Waals surface area contributed by atoms with E-state index in [4.69, 9.17) is 9.26 Å². The Kier molecular flexibility index (Phi) is 7.13. The van der Waals surface area contributed by atoms with Gasteiger partial charge in [0.05, 0.1) is 0 Å². The number of nitrogens with zero attached hydrogens (tertiary/aromatic N) is 3. The number of hydrogen-bond acceptors (Lipinski definition) is 6. The van der Waals surface area contributed by atoms with Gasteiger partial charge in [-0.1, -0.05) is 5.16 Å². The van der Waals surface area contributed by atoms with Gasteiger partial charge in [-0.05, 0) is 26.1 Å². The predicted molar refractivity (Wildman–Crippen MR) is 78.5 cm³/mol. The topological polar surface area (TPSA) is 73.1 Å². The van der Waals surface area contributed by atoms with Crippen LogP contribution in [-0.2, 0) is 6.42 Å². The lowest BCUT2D eigenvalue weighted by Gasteiger charge is -2.07. The lowest BCUT2D eigenvalue weighted by atomic mass is 10.2. The van der Waals surface area contributed by atoms with Crippen LogP contribution in [0.25, 0.3) is 11.6 Å². The number of halogens is 3. The Balaban J connectivity index is 0.00000242. The zero-order chi connectivity index (χ0) is 15.2. The molecular weight excluding hydrogens is 318 g/mol. The molecule has 9 heteroatoms. The van der Waals surface area contributed by atoms with Gasteiger partial charge in [0.25, 0.3) is 12.3 Å². The van der Waals surface area contributed by atoms with Crippen LogP contribution in [-0.4, -0.2) is 41.2 Å². The van der Waals surface area contributed by atoms with Crippen molar-refractivity contribution in [3.05, 3.63) is 24.2 Å². The van der Waals surface area contributed by atoms with E-state index in [1.165, 1.54) is 12.3 Å². The first kappa shape index (κ1) is 18.2. The number of pyridine rings is 1. The Labute approximate surface area is 132 Å². The molecule has 0 aliphatic rings. The summed E-state index contributed by atoms with van der Waals surface area (Å²) >= 11 is 0. The number of nitrogens with one attached hydrogen (secondary N) is 1. The van der Waals surface area contributed by atoms with Crippen molar-refractivity contribution in [3.63, 3.8) is 0 Å². The van der Waals surface area contributed by atoms with E-state index in [1.807, 2.05) is 14.0 Å². The average Bonchev–Trinajstić information content (AvgIpc) is 2.93. The summed E-state index contributed by atoms with van der Waals surface area (Å²) in [6.07, 6.45) is -0.474. The van der Waals surface area contributed by atoms with E-state index in [2.05, 4.69) is 20.4 Å². The molecule has 0 saturated carbocycles. The zero-order valence-corrected chi connectivity index (χ0v) is 12.9. The number of aromatic nitrogens is 3. The van der Waals surface area contributed by atoms with E-state index in [1.54, 1.807) is 6.07 Å². The molecule has 6 nitrogen and oxygen atoms in total. The molecule has 0 amide bonds. The molecule has 2 aromatic rings. The van der Waals surface area contributed by atoms with Gasteiger partial charge in [-0.2, -0.15) is 4.98 Å². The number of rotatable bonds is 7. The number of ether oxygens (including phenoxy) is 1. The second-order valence-corrected chi connectivity index (χ2v) is 4.46. The van der Waals surface area contributed by atoms with Crippen molar-refractivity contribution in [2.45, 2.75) is 25.8 Å². The van der Waals surface area contributed by atoms with Gasteiger partial charge in [0.1, 0.15) is 6.61 Å². The highest BCUT2D eigenvalue weighted by molar-refractivity contribution is 5.85. The molecule has 2 heterocycles. The van der Waals surface area contributed by atoms with Crippen LogP contribution in [0.1, 0.15) is 12.7 Å². The maximum absolute atomic E-state index is 12.2. The van der Waals surface area contributed by atoms with Crippen LogP contribution >= 0.6 is 12.4 Å². The molecule has 122 valence electrons. The second kappa shape index (κ2) is 8.60. The summed E-state index contributed by atoms with van der Waals surface area (Å²) in [6.45, 7) is 1.27. The van der Waals surface area contributed by atoms with Crippen molar-refractivity contribution >= 4 is 12.4 Å². The first-order valence-corrected chi connectivity index (χ1v) is 6.46. The lowest BCUT2D eigenvalue weighted by molar-refractivity contribution is 0.0819. The van der Waals surface area contributed by atoms with E-state index in [0.29, 0.717) is 12.2 Å². The van der Waals surface area contributed by atoms with Crippen LogP contribution in [0.3, 0.4) is 0 Å². The average molecular weight is 335 g/mol. The van der Waals surface area contributed by atoms with Gasteiger partial charge < -0.3 is 14.6 Å². The normalized spacial score (nSPS) is 12.0. The fourth-order valence-corrected chi connectivity index (χ4v) is 1.63. The van der Waals surface area contributed by atoms with E-state index >= 15 is 0 Å². The minimum absolute atomic E-state index is 0. The van der Waals surface area contributed by atoms with Crippen molar-refractivity contribution in [2.24, 2.45) is 0 Å². The van der Waals surface area contributed by atoms with Gasteiger partial charge >= 0.3 is 0 Å². The maximum Gasteiger partial charge on any atom is 0.280 e. The fourth-order valence-electron chi connectivity index (χ4n) is 1.63. The Morgan fingerprint density at radius 2 is 2.18 bits per heavy atom. The number of hydrogen-bond donors (Lipinski definition) is 1. The number of likely N-dealkylation sites (N-methyl/N-ethyl adjacent to an activating group) is 1. The molecule has 22 heavy (non-hydrogen) atoms. The third kappa shape index (κ3) is 4.88. The van der Waals surface area contributed by atoms with Gasteiger partial charge in [-0.15, -0.1) is 12.4 Å². The third-order valence-corrected chi connectivity index (χ3v) is 2.79. The van der Waals surface area contributed by atoms with Gasteiger partial charge in [0.2, 0.25) is 0 Å². The van der Waals surface area contributed by atoms with E-state index in [9.17, 15) is 8.78 Å². The highest BCUT2D eigenvalue weighted by atomic mass is 35.5. The molecule has 1 unspecified atom stereocenters. The summed E-state index contributed by atoms with van der Waals surface area (Å²) in [5.74, 6) is 0.852. The molecule has 2 aromatic heterocycles. The minimum Gasteiger partial charge on any atom is -0.485 e. The molecule has 0 saturated heterocycles. The summed E-state index contributed by atoms with van der Waals surface area (Å²) < 4.78 is 34.6. The molecule has 0 spiro atoms. The molecule has 1 atom stereocenters. The summed E-state index contributed by atoms with van der Waals surface area (Å²) in [4.78, 5) is 8.27. The van der Waals surface area contributed by atoms with E-state index in [-0.39, 0.29) is 35.8 Å². The van der Waals surface area contributed by atoms with Crippen molar-refractivity contribution in [2.75, 3.05) is 13.7 Å². The Bertz CT molecular complexity index is 583. The fraction of sp³-hybridized carbons (Fsp3) is 0.462. The highest BCUT2D eigenvalue weighted by Crippen LogP contribution is 2.26. The summed E-state index contributed by atoms with van der Waals surface area (Å²) in [7, 11) is 1.83. The Hall–Kier alpha value is -1.80. The molecule has 2 rings (SSSR count). The monoisotopic (exact) mass is 334 g/mol. The minimum atomic E-state index is -2.56. The van der Waals surface area contributed by atoms with Crippen LogP contribution in [0.2, 0.25) is 0 Å². The third-order valence-electron chi connectivity index (χ3n) is 2.79. The second-order valence-electron chi connectivity index (χ2n) is 4.46. The van der Waals surface area contributed by atoms with E-state index in [0.717, 1.165) is 0 Å². The molecule has 0 aliphatic heterocycles. The zero-order valence-electron chi connectivity index (χ0n) is 12.1. The lowest BCUT2D eigenvalue weighted by Crippen LogP contribution is -2.24. The summed E-state index contributed by atoms with van der Waals surface area (Å²) in [5, 5.41) is 6.91. The molecule has 0 radical (unpaired) electrons. The molecule has 0 fully saturated rings. The number of alkyl halides is 2. The first-order chi connectivity index (χ1) is 10.1. The van der Waals surface area contributed by atoms with Crippen LogP contribution < -0.4 is 10.1 Å². The van der Waals surface area contributed by atoms with Crippen LogP contribution in [0.5, 0.6) is 5.75 Å². The van der Waals surface area contributed by atoms with Gasteiger partial charge in [-0.3, -0.25) is 0 Å². The van der Waals surface area contributed by atoms with E-state index < -0.39 is 13.0 Å². The summed E-state index contributed by atoms with van der Waals surface area (Å²) in [6, 6.07) is 3.31. The largest absolute Gasteiger partial charge is 0.485 e. The quantitative estimate of drug-likeness (QED) is 0.838. The van der Waals surface area contributed by atoms with Gasteiger partial charge in [0, 0.05) is 18.7 Å². The molecule has 0 aromatic carbocycles. The van der Waals surface area contributed by atoms with Crippen LogP contribution in [0, 0.1) is 0 Å². The molecule has 1 N–H and O–H groups in total. The van der Waals surface area contributed by atoms with Crippen molar-refractivity contribution in [1.29, 1.82) is 0 Å². The first-order valence-electron chi connectivity index (χ1n) is 6.46. The Morgan fingerprint density at radius 1 is 1.41 bits per heavy atom.